The molecule has 0 radical (unpaired) electrons. The van der Waals surface area contributed by atoms with E-state index in [4.69, 9.17) is 23.2 Å². The van der Waals surface area contributed by atoms with Crippen molar-refractivity contribution in [2.24, 2.45) is 0 Å². The number of halogens is 2. The Labute approximate surface area is 136 Å². The van der Waals surface area contributed by atoms with Crippen molar-refractivity contribution < 1.29 is 0 Å². The van der Waals surface area contributed by atoms with Crippen molar-refractivity contribution in [2.45, 2.75) is 32.7 Å². The van der Waals surface area contributed by atoms with Gasteiger partial charge in [-0.25, -0.2) is 0 Å². The summed E-state index contributed by atoms with van der Waals surface area (Å²) in [6, 6.07) is 8.03. The second kappa shape index (κ2) is 7.30. The van der Waals surface area contributed by atoms with Crippen LogP contribution in [0.3, 0.4) is 0 Å². The smallest absolute Gasteiger partial charge is 0.0847 e. The zero-order valence-corrected chi connectivity index (χ0v) is 14.2. The molecule has 21 heavy (non-hydrogen) atoms. The van der Waals surface area contributed by atoms with Gasteiger partial charge in [0.1, 0.15) is 0 Å². The maximum atomic E-state index is 6.43. The zero-order valence-electron chi connectivity index (χ0n) is 12.7. The summed E-state index contributed by atoms with van der Waals surface area (Å²) in [5.74, 6) is 0.313. The fourth-order valence-electron chi connectivity index (χ4n) is 2.61. The normalized spacial score (nSPS) is 12.6. The van der Waals surface area contributed by atoms with Gasteiger partial charge in [0.05, 0.1) is 16.4 Å². The molecule has 3 nitrogen and oxygen atoms in total. The second-order valence-corrected chi connectivity index (χ2v) is 5.99. The summed E-state index contributed by atoms with van der Waals surface area (Å²) in [4.78, 5) is 0. The van der Waals surface area contributed by atoms with E-state index >= 15 is 0 Å². The first kappa shape index (κ1) is 16.3. The van der Waals surface area contributed by atoms with Crippen molar-refractivity contribution in [1.29, 1.82) is 0 Å². The molecular weight excluding hydrogens is 305 g/mol. The van der Waals surface area contributed by atoms with E-state index in [1.807, 2.05) is 36.9 Å². The SMILES string of the molecule is CCn1nc(C)c(Cl)c1CC(CNC)c1cccc(Cl)c1. The fourth-order valence-corrected chi connectivity index (χ4v) is 3.02. The molecule has 1 N–H and O–H groups in total. The number of benzene rings is 1. The van der Waals surface area contributed by atoms with Gasteiger partial charge in [0, 0.05) is 24.0 Å². The Morgan fingerprint density at radius 2 is 2.10 bits per heavy atom. The van der Waals surface area contributed by atoms with E-state index < -0.39 is 0 Å². The highest BCUT2D eigenvalue weighted by atomic mass is 35.5. The van der Waals surface area contributed by atoms with Gasteiger partial charge >= 0.3 is 0 Å². The predicted molar refractivity (Wildman–Crippen MR) is 89.5 cm³/mol. The van der Waals surface area contributed by atoms with Crippen LogP contribution in [-0.4, -0.2) is 23.4 Å². The number of likely N-dealkylation sites (N-methyl/N-ethyl adjacent to an activating group) is 1. The highest BCUT2D eigenvalue weighted by molar-refractivity contribution is 6.32. The van der Waals surface area contributed by atoms with Gasteiger partial charge < -0.3 is 5.32 Å². The largest absolute Gasteiger partial charge is 0.319 e. The topological polar surface area (TPSA) is 29.9 Å². The van der Waals surface area contributed by atoms with Crippen molar-refractivity contribution >= 4 is 23.2 Å². The minimum absolute atomic E-state index is 0.313. The number of hydrogen-bond donors (Lipinski definition) is 1. The van der Waals surface area contributed by atoms with Crippen LogP contribution >= 0.6 is 23.2 Å². The van der Waals surface area contributed by atoms with Gasteiger partial charge in [-0.15, -0.1) is 0 Å². The van der Waals surface area contributed by atoms with E-state index in [0.717, 1.165) is 40.9 Å². The molecule has 0 aliphatic rings. The lowest BCUT2D eigenvalue weighted by molar-refractivity contribution is 0.563. The summed E-state index contributed by atoms with van der Waals surface area (Å²) in [5.41, 5.74) is 3.20. The van der Waals surface area contributed by atoms with Gasteiger partial charge in [-0.05, 0) is 45.0 Å². The molecule has 0 bridgehead atoms. The summed E-state index contributed by atoms with van der Waals surface area (Å²) in [5, 5.41) is 9.29. The molecule has 0 aliphatic carbocycles. The van der Waals surface area contributed by atoms with Crippen LogP contribution in [0.2, 0.25) is 10.0 Å². The van der Waals surface area contributed by atoms with Crippen LogP contribution in [0.25, 0.3) is 0 Å². The molecule has 0 aliphatic heterocycles. The Balaban J connectivity index is 2.32. The number of hydrogen-bond acceptors (Lipinski definition) is 2. The molecule has 2 aromatic rings. The maximum Gasteiger partial charge on any atom is 0.0847 e. The average Bonchev–Trinajstić information content (AvgIpc) is 2.74. The van der Waals surface area contributed by atoms with Gasteiger partial charge in [-0.1, -0.05) is 35.3 Å². The van der Waals surface area contributed by atoms with Crippen LogP contribution < -0.4 is 5.32 Å². The Bertz CT molecular complexity index is 608. The highest BCUT2D eigenvalue weighted by Gasteiger charge is 2.19. The predicted octanol–water partition coefficient (Wildman–Crippen LogP) is 4.06. The minimum Gasteiger partial charge on any atom is -0.319 e. The van der Waals surface area contributed by atoms with Crippen molar-refractivity contribution in [3.8, 4) is 0 Å². The van der Waals surface area contributed by atoms with Crippen molar-refractivity contribution in [2.75, 3.05) is 13.6 Å². The molecule has 0 fully saturated rings. The highest BCUT2D eigenvalue weighted by Crippen LogP contribution is 2.28. The summed E-state index contributed by atoms with van der Waals surface area (Å²) in [7, 11) is 1.96. The van der Waals surface area contributed by atoms with Crippen LogP contribution in [0.5, 0.6) is 0 Å². The van der Waals surface area contributed by atoms with E-state index in [9.17, 15) is 0 Å². The molecule has 1 aromatic carbocycles. The Hall–Kier alpha value is -1.03. The molecule has 2 rings (SSSR count). The Kier molecular flexibility index (Phi) is 5.68. The summed E-state index contributed by atoms with van der Waals surface area (Å²) < 4.78 is 1.99. The Morgan fingerprint density at radius 3 is 2.71 bits per heavy atom. The molecule has 0 amide bonds. The van der Waals surface area contributed by atoms with Crippen LogP contribution in [-0.2, 0) is 13.0 Å². The average molecular weight is 326 g/mol. The van der Waals surface area contributed by atoms with Crippen molar-refractivity contribution in [3.63, 3.8) is 0 Å². The third-order valence-corrected chi connectivity index (χ3v) is 4.39. The molecular formula is C16H21Cl2N3. The molecule has 1 unspecified atom stereocenters. The monoisotopic (exact) mass is 325 g/mol. The van der Waals surface area contributed by atoms with Crippen LogP contribution in [0.4, 0.5) is 0 Å². The molecule has 0 saturated carbocycles. The number of aryl methyl sites for hydroxylation is 2. The third kappa shape index (κ3) is 3.79. The first-order chi connectivity index (χ1) is 10.1. The van der Waals surface area contributed by atoms with Crippen molar-refractivity contribution in [3.05, 3.63) is 51.3 Å². The Morgan fingerprint density at radius 1 is 1.33 bits per heavy atom. The van der Waals surface area contributed by atoms with Gasteiger partial charge in [-0.3, -0.25) is 4.68 Å². The molecule has 1 aromatic heterocycles. The molecule has 114 valence electrons. The molecule has 1 atom stereocenters. The van der Waals surface area contributed by atoms with Crippen LogP contribution in [0.15, 0.2) is 24.3 Å². The summed E-state index contributed by atoms with van der Waals surface area (Å²) in [6.07, 6.45) is 0.842. The lowest BCUT2D eigenvalue weighted by Crippen LogP contribution is -2.20. The van der Waals surface area contributed by atoms with E-state index in [-0.39, 0.29) is 0 Å². The fraction of sp³-hybridized carbons (Fsp3) is 0.438. The molecule has 1 heterocycles. The van der Waals surface area contributed by atoms with E-state index in [1.165, 1.54) is 5.56 Å². The lowest BCUT2D eigenvalue weighted by atomic mass is 9.94. The quantitative estimate of drug-likeness (QED) is 0.867. The van der Waals surface area contributed by atoms with Gasteiger partial charge in [0.2, 0.25) is 0 Å². The van der Waals surface area contributed by atoms with E-state index in [2.05, 4.69) is 23.4 Å². The van der Waals surface area contributed by atoms with E-state index in [1.54, 1.807) is 0 Å². The number of rotatable bonds is 6. The van der Waals surface area contributed by atoms with Crippen LogP contribution in [0, 0.1) is 6.92 Å². The first-order valence-electron chi connectivity index (χ1n) is 7.18. The standard InChI is InChI=1S/C16H21Cl2N3/c1-4-21-15(16(18)11(2)20-21)9-13(10-19-3)12-6-5-7-14(17)8-12/h5-8,13,19H,4,9-10H2,1-3H3. The van der Waals surface area contributed by atoms with Crippen LogP contribution in [0.1, 0.15) is 29.8 Å². The maximum absolute atomic E-state index is 6.43. The van der Waals surface area contributed by atoms with E-state index in [0.29, 0.717) is 5.92 Å². The number of nitrogens with zero attached hydrogens (tertiary/aromatic N) is 2. The lowest BCUT2D eigenvalue weighted by Gasteiger charge is -2.18. The zero-order chi connectivity index (χ0) is 15.4. The number of nitrogens with one attached hydrogen (secondary N) is 1. The molecule has 0 spiro atoms. The van der Waals surface area contributed by atoms with Gasteiger partial charge in [0.25, 0.3) is 0 Å². The van der Waals surface area contributed by atoms with Crippen molar-refractivity contribution in [1.82, 2.24) is 15.1 Å². The minimum atomic E-state index is 0.313. The summed E-state index contributed by atoms with van der Waals surface area (Å²) in [6.45, 7) is 5.72. The third-order valence-electron chi connectivity index (χ3n) is 3.66. The molecule has 5 heteroatoms. The number of aromatic nitrogens is 2. The summed E-state index contributed by atoms with van der Waals surface area (Å²) >= 11 is 12.5. The first-order valence-corrected chi connectivity index (χ1v) is 7.94. The second-order valence-electron chi connectivity index (χ2n) is 5.18. The van der Waals surface area contributed by atoms with Gasteiger partial charge in [0.15, 0.2) is 0 Å². The molecule has 0 saturated heterocycles. The van der Waals surface area contributed by atoms with Gasteiger partial charge in [-0.2, -0.15) is 5.10 Å².